The van der Waals surface area contributed by atoms with E-state index in [4.69, 9.17) is 0 Å². The Labute approximate surface area is 145 Å². The Morgan fingerprint density at radius 1 is 1.29 bits per heavy atom. The highest BCUT2D eigenvalue weighted by atomic mass is 32.2. The van der Waals surface area contributed by atoms with Crippen LogP contribution in [0.2, 0.25) is 0 Å². The van der Waals surface area contributed by atoms with Gasteiger partial charge in [0.25, 0.3) is 0 Å². The lowest BCUT2D eigenvalue weighted by atomic mass is 10.3. The molecule has 3 rings (SSSR count). The van der Waals surface area contributed by atoms with Crippen molar-refractivity contribution in [1.29, 1.82) is 0 Å². The fourth-order valence-electron chi connectivity index (χ4n) is 2.11. The van der Waals surface area contributed by atoms with E-state index in [1.165, 1.54) is 24.2 Å². The van der Waals surface area contributed by atoms with Crippen molar-refractivity contribution in [3.63, 3.8) is 0 Å². The van der Waals surface area contributed by atoms with Gasteiger partial charge in [-0.3, -0.25) is 4.79 Å². The summed E-state index contributed by atoms with van der Waals surface area (Å²) < 4.78 is 26.3. The van der Waals surface area contributed by atoms with Crippen molar-refractivity contribution in [2.45, 2.75) is 18.4 Å². The van der Waals surface area contributed by atoms with Crippen LogP contribution in [0.15, 0.2) is 35.6 Å². The Morgan fingerprint density at radius 3 is 2.92 bits per heavy atom. The number of halogens is 2. The number of carbonyl (C=O) groups is 1. The quantitative estimate of drug-likeness (QED) is 0.538. The van der Waals surface area contributed by atoms with Gasteiger partial charge in [0.2, 0.25) is 5.91 Å². The van der Waals surface area contributed by atoms with Crippen LogP contribution in [0.5, 0.6) is 0 Å². The Hall–Kier alpha value is -2.06. The van der Waals surface area contributed by atoms with Crippen molar-refractivity contribution in [3.8, 4) is 0 Å². The smallest absolute Gasteiger partial charge is 0.225 e. The molecule has 2 heterocycles. The molecule has 8 heteroatoms. The molecule has 4 nitrogen and oxygen atoms in total. The highest BCUT2D eigenvalue weighted by Gasteiger charge is 2.10. The Balaban J connectivity index is 1.58. The molecule has 0 bridgehead atoms. The summed E-state index contributed by atoms with van der Waals surface area (Å²) in [6, 6.07) is 5.07. The molecule has 24 heavy (non-hydrogen) atoms. The number of hydrogen-bond donors (Lipinski definition) is 1. The molecule has 1 N–H and O–H groups in total. The normalized spacial score (nSPS) is 11.0. The van der Waals surface area contributed by atoms with Gasteiger partial charge in [-0.2, -0.15) is 0 Å². The summed E-state index contributed by atoms with van der Waals surface area (Å²) in [4.78, 5) is 22.4. The number of thioether (sulfide) groups is 1. The molecule has 0 unspecified atom stereocenters. The molecular weight excluding hydrogens is 352 g/mol. The Bertz CT molecular complexity index is 898. The lowest BCUT2D eigenvalue weighted by Crippen LogP contribution is -2.13. The van der Waals surface area contributed by atoms with Crippen molar-refractivity contribution < 1.29 is 13.6 Å². The fourth-order valence-corrected chi connectivity index (χ4v) is 3.94. The molecule has 0 spiro atoms. The number of fused-ring (bicyclic) bond motifs is 1. The number of aromatic nitrogens is 2. The molecule has 0 saturated heterocycles. The number of anilines is 1. The molecule has 3 aromatic rings. The van der Waals surface area contributed by atoms with Gasteiger partial charge in [0.1, 0.15) is 27.8 Å². The second-order valence-electron chi connectivity index (χ2n) is 5.03. The second kappa shape index (κ2) is 7.23. The third kappa shape index (κ3) is 3.88. The van der Waals surface area contributed by atoms with Crippen LogP contribution >= 0.6 is 23.1 Å². The van der Waals surface area contributed by atoms with Crippen LogP contribution in [0.4, 0.5) is 14.5 Å². The number of amides is 1. The van der Waals surface area contributed by atoms with Crippen molar-refractivity contribution in [2.75, 3.05) is 11.1 Å². The van der Waals surface area contributed by atoms with Gasteiger partial charge >= 0.3 is 0 Å². The van der Waals surface area contributed by atoms with Crippen LogP contribution in [-0.2, 0) is 4.79 Å². The first-order valence-corrected chi connectivity index (χ1v) is 8.92. The lowest BCUT2D eigenvalue weighted by Gasteiger charge is -2.06. The third-order valence-corrected chi connectivity index (χ3v) is 5.15. The maximum atomic E-state index is 13.5. The summed E-state index contributed by atoms with van der Waals surface area (Å²) in [5.41, 5.74) is -0.0238. The number of carbonyl (C=O) groups excluding carboxylic acids is 1. The fraction of sp³-hybridized carbons (Fsp3) is 0.188. The maximum Gasteiger partial charge on any atom is 0.225 e. The topological polar surface area (TPSA) is 54.9 Å². The van der Waals surface area contributed by atoms with Crippen molar-refractivity contribution in [3.05, 3.63) is 47.1 Å². The molecule has 0 aliphatic rings. The first-order valence-electron chi connectivity index (χ1n) is 7.12. The molecule has 0 fully saturated rings. The van der Waals surface area contributed by atoms with Crippen LogP contribution in [0.3, 0.4) is 0 Å². The average molecular weight is 365 g/mol. The average Bonchev–Trinajstić information content (AvgIpc) is 2.91. The molecule has 0 saturated carbocycles. The highest BCUT2D eigenvalue weighted by Crippen LogP contribution is 2.30. The summed E-state index contributed by atoms with van der Waals surface area (Å²) >= 11 is 3.04. The highest BCUT2D eigenvalue weighted by molar-refractivity contribution is 7.99. The van der Waals surface area contributed by atoms with Gasteiger partial charge in [0, 0.05) is 28.5 Å². The van der Waals surface area contributed by atoms with Crippen LogP contribution < -0.4 is 5.32 Å². The number of hydrogen-bond acceptors (Lipinski definition) is 5. The summed E-state index contributed by atoms with van der Waals surface area (Å²) in [7, 11) is 0. The van der Waals surface area contributed by atoms with Crippen LogP contribution in [-0.4, -0.2) is 21.6 Å². The molecule has 0 aliphatic carbocycles. The minimum Gasteiger partial charge on any atom is -0.324 e. The van der Waals surface area contributed by atoms with Crippen molar-refractivity contribution >= 4 is 44.9 Å². The SMILES string of the molecule is Cc1cc2c(SCCC(=O)Nc3ccc(F)cc3F)ncnc2s1. The largest absolute Gasteiger partial charge is 0.324 e. The van der Waals surface area contributed by atoms with Crippen LogP contribution in [0, 0.1) is 18.6 Å². The monoisotopic (exact) mass is 365 g/mol. The summed E-state index contributed by atoms with van der Waals surface area (Å²) in [6.45, 7) is 2.01. The predicted molar refractivity (Wildman–Crippen MR) is 92.5 cm³/mol. The van der Waals surface area contributed by atoms with E-state index in [1.54, 1.807) is 11.3 Å². The number of aryl methyl sites for hydroxylation is 1. The third-order valence-electron chi connectivity index (χ3n) is 3.19. The van der Waals surface area contributed by atoms with Gasteiger partial charge in [0.15, 0.2) is 0 Å². The number of rotatable bonds is 5. The Morgan fingerprint density at radius 2 is 2.12 bits per heavy atom. The maximum absolute atomic E-state index is 13.5. The van der Waals surface area contributed by atoms with Gasteiger partial charge in [-0.1, -0.05) is 0 Å². The van der Waals surface area contributed by atoms with Crippen molar-refractivity contribution in [2.24, 2.45) is 0 Å². The van der Waals surface area contributed by atoms with E-state index in [-0.39, 0.29) is 18.0 Å². The second-order valence-corrected chi connectivity index (χ2v) is 7.34. The Kier molecular flexibility index (Phi) is 5.06. The molecule has 2 aromatic heterocycles. The van der Waals surface area contributed by atoms with Crippen LogP contribution in [0.1, 0.15) is 11.3 Å². The number of thiophene rings is 1. The zero-order chi connectivity index (χ0) is 17.1. The summed E-state index contributed by atoms with van der Waals surface area (Å²) in [6.07, 6.45) is 1.70. The van der Waals surface area contributed by atoms with Gasteiger partial charge < -0.3 is 5.32 Å². The van der Waals surface area contributed by atoms with Gasteiger partial charge in [0.05, 0.1) is 5.69 Å². The first kappa shape index (κ1) is 16.8. The van der Waals surface area contributed by atoms with Crippen molar-refractivity contribution in [1.82, 2.24) is 9.97 Å². The molecule has 0 radical (unpaired) electrons. The molecular formula is C16H13F2N3OS2. The van der Waals surface area contributed by atoms with Gasteiger partial charge in [-0.05, 0) is 25.1 Å². The molecule has 0 atom stereocenters. The number of benzene rings is 1. The van der Waals surface area contributed by atoms with E-state index in [9.17, 15) is 13.6 Å². The van der Waals surface area contributed by atoms with Gasteiger partial charge in [-0.15, -0.1) is 23.1 Å². The summed E-state index contributed by atoms with van der Waals surface area (Å²) in [5.74, 6) is -1.31. The van der Waals surface area contributed by atoms with E-state index in [2.05, 4.69) is 15.3 Å². The number of nitrogens with one attached hydrogen (secondary N) is 1. The van der Waals surface area contributed by atoms with E-state index in [1.807, 2.05) is 13.0 Å². The lowest BCUT2D eigenvalue weighted by molar-refractivity contribution is -0.115. The molecule has 1 amide bonds. The minimum absolute atomic E-state index is 0.0238. The van der Waals surface area contributed by atoms with E-state index < -0.39 is 11.6 Å². The van der Waals surface area contributed by atoms with E-state index >= 15 is 0 Å². The molecule has 0 aliphatic heterocycles. The van der Waals surface area contributed by atoms with Gasteiger partial charge in [-0.25, -0.2) is 18.7 Å². The zero-order valence-electron chi connectivity index (χ0n) is 12.7. The van der Waals surface area contributed by atoms with E-state index in [0.29, 0.717) is 5.75 Å². The molecule has 1 aromatic carbocycles. The predicted octanol–water partition coefficient (Wildman–Crippen LogP) is 4.40. The minimum atomic E-state index is -0.790. The first-order chi connectivity index (χ1) is 11.5. The standard InChI is InChI=1S/C16H13F2N3OS2/c1-9-6-11-15(19-8-20-16(11)24-9)23-5-4-14(22)21-13-3-2-10(17)7-12(13)18/h2-3,6-8H,4-5H2,1H3,(H,21,22). The number of nitrogens with zero attached hydrogens (tertiary/aromatic N) is 2. The summed E-state index contributed by atoms with van der Waals surface area (Å²) in [5, 5.41) is 4.25. The zero-order valence-corrected chi connectivity index (χ0v) is 14.3. The van der Waals surface area contributed by atoms with Crippen LogP contribution in [0.25, 0.3) is 10.2 Å². The van der Waals surface area contributed by atoms with E-state index in [0.717, 1.165) is 32.3 Å². The molecule has 124 valence electrons.